The molecule has 3 aromatic rings. The van der Waals surface area contributed by atoms with E-state index in [4.69, 9.17) is 0 Å². The van der Waals surface area contributed by atoms with Gasteiger partial charge in [0.1, 0.15) is 10.7 Å². The van der Waals surface area contributed by atoms with Gasteiger partial charge < -0.3 is 10.2 Å². The summed E-state index contributed by atoms with van der Waals surface area (Å²) in [6.07, 6.45) is 5.67. The summed E-state index contributed by atoms with van der Waals surface area (Å²) in [5.74, 6) is -0.289. The van der Waals surface area contributed by atoms with E-state index < -0.39 is 0 Å². The highest BCUT2D eigenvalue weighted by molar-refractivity contribution is 7.13. The molecule has 2 aromatic heterocycles. The monoisotopic (exact) mass is 381 g/mol. The van der Waals surface area contributed by atoms with Crippen LogP contribution < -0.4 is 5.32 Å². The molecular formula is C19H19N5O2S. The van der Waals surface area contributed by atoms with Crippen LogP contribution in [0.1, 0.15) is 33.7 Å². The number of hydrogen-bond acceptors (Lipinski definition) is 5. The van der Waals surface area contributed by atoms with Crippen molar-refractivity contribution in [2.24, 2.45) is 7.05 Å². The van der Waals surface area contributed by atoms with Crippen molar-refractivity contribution < 1.29 is 9.59 Å². The first-order valence-corrected chi connectivity index (χ1v) is 9.63. The van der Waals surface area contributed by atoms with E-state index >= 15 is 0 Å². The van der Waals surface area contributed by atoms with Crippen molar-refractivity contribution in [3.8, 4) is 10.6 Å². The lowest BCUT2D eigenvalue weighted by Gasteiger charge is -2.15. The first-order chi connectivity index (χ1) is 13.1. The first kappa shape index (κ1) is 17.4. The van der Waals surface area contributed by atoms with Gasteiger partial charge in [-0.25, -0.2) is 4.98 Å². The third-order valence-corrected chi connectivity index (χ3v) is 5.34. The van der Waals surface area contributed by atoms with E-state index in [1.54, 1.807) is 40.5 Å². The molecule has 138 valence electrons. The minimum Gasteiger partial charge on any atom is -0.339 e. The third-order valence-electron chi connectivity index (χ3n) is 4.45. The number of amides is 2. The standard InChI is InChI=1S/C19H19N5O2S/c1-23-11-14(10-20-23)18-22-16(12-27-18)17(25)21-15-6-4-5-13(9-15)19(26)24-7-2-3-8-24/h4-6,9-12H,2-3,7-8H2,1H3,(H,21,25). The Kier molecular flexibility index (Phi) is 4.72. The molecule has 1 N–H and O–H groups in total. The fourth-order valence-corrected chi connectivity index (χ4v) is 3.85. The van der Waals surface area contributed by atoms with Gasteiger partial charge in [0.25, 0.3) is 11.8 Å². The maximum Gasteiger partial charge on any atom is 0.275 e. The second kappa shape index (κ2) is 7.32. The van der Waals surface area contributed by atoms with Crippen LogP contribution in [-0.4, -0.2) is 44.6 Å². The van der Waals surface area contributed by atoms with Crippen LogP contribution in [0, 0.1) is 0 Å². The molecule has 1 fully saturated rings. The van der Waals surface area contributed by atoms with Crippen molar-refractivity contribution in [1.29, 1.82) is 0 Å². The van der Waals surface area contributed by atoms with Crippen LogP contribution in [0.5, 0.6) is 0 Å². The van der Waals surface area contributed by atoms with Crippen molar-refractivity contribution in [3.05, 3.63) is 53.3 Å². The van der Waals surface area contributed by atoms with Crippen LogP contribution >= 0.6 is 11.3 Å². The van der Waals surface area contributed by atoms with E-state index in [1.807, 2.05) is 18.1 Å². The fraction of sp³-hybridized carbons (Fsp3) is 0.263. The molecule has 0 radical (unpaired) electrons. The Morgan fingerprint density at radius 2 is 2.04 bits per heavy atom. The molecule has 1 aliphatic rings. The van der Waals surface area contributed by atoms with Gasteiger partial charge in [-0.15, -0.1) is 11.3 Å². The Bertz CT molecular complexity index is 987. The maximum atomic E-state index is 12.5. The molecular weight excluding hydrogens is 362 g/mol. The zero-order valence-corrected chi connectivity index (χ0v) is 15.7. The third kappa shape index (κ3) is 3.75. The largest absolute Gasteiger partial charge is 0.339 e. The summed E-state index contributed by atoms with van der Waals surface area (Å²) >= 11 is 1.39. The maximum absolute atomic E-state index is 12.5. The van der Waals surface area contributed by atoms with Crippen LogP contribution in [0.15, 0.2) is 42.0 Å². The SMILES string of the molecule is Cn1cc(-c2nc(C(=O)Nc3cccc(C(=O)N4CCCC4)c3)cs2)cn1. The van der Waals surface area contributed by atoms with Crippen LogP contribution in [0.4, 0.5) is 5.69 Å². The molecule has 1 aromatic carbocycles. The van der Waals surface area contributed by atoms with Crippen molar-refractivity contribution in [1.82, 2.24) is 19.7 Å². The van der Waals surface area contributed by atoms with Crippen molar-refractivity contribution >= 4 is 28.8 Å². The number of hydrogen-bond donors (Lipinski definition) is 1. The number of carbonyl (C=O) groups is 2. The molecule has 2 amide bonds. The second-order valence-electron chi connectivity index (χ2n) is 6.47. The summed E-state index contributed by atoms with van der Waals surface area (Å²) in [7, 11) is 1.83. The molecule has 1 saturated heterocycles. The van der Waals surface area contributed by atoms with Gasteiger partial charge in [0.15, 0.2) is 0 Å². The summed E-state index contributed by atoms with van der Waals surface area (Å²) < 4.78 is 1.69. The van der Waals surface area contributed by atoms with E-state index in [9.17, 15) is 9.59 Å². The van der Waals surface area contributed by atoms with E-state index in [1.165, 1.54) is 11.3 Å². The molecule has 0 bridgehead atoms. The Labute approximate surface area is 160 Å². The molecule has 0 spiro atoms. The highest BCUT2D eigenvalue weighted by Gasteiger charge is 2.20. The van der Waals surface area contributed by atoms with Gasteiger partial charge in [-0.1, -0.05) is 6.07 Å². The van der Waals surface area contributed by atoms with Crippen LogP contribution in [0.3, 0.4) is 0 Å². The molecule has 0 aliphatic carbocycles. The van der Waals surface area contributed by atoms with E-state index in [2.05, 4.69) is 15.4 Å². The molecule has 0 unspecified atom stereocenters. The number of aryl methyl sites for hydroxylation is 1. The van der Waals surface area contributed by atoms with Gasteiger partial charge >= 0.3 is 0 Å². The number of aromatic nitrogens is 3. The second-order valence-corrected chi connectivity index (χ2v) is 7.33. The number of thiazole rings is 1. The molecule has 27 heavy (non-hydrogen) atoms. The lowest BCUT2D eigenvalue weighted by molar-refractivity contribution is 0.0792. The molecule has 8 heteroatoms. The predicted molar refractivity (Wildman–Crippen MR) is 104 cm³/mol. The molecule has 3 heterocycles. The summed E-state index contributed by atoms with van der Waals surface area (Å²) in [5, 5.41) is 9.41. The number of rotatable bonds is 4. The van der Waals surface area contributed by atoms with E-state index in [0.717, 1.165) is 36.5 Å². The normalized spacial score (nSPS) is 13.7. The number of nitrogens with zero attached hydrogens (tertiary/aromatic N) is 4. The van der Waals surface area contributed by atoms with Gasteiger partial charge in [0.2, 0.25) is 0 Å². The van der Waals surface area contributed by atoms with Gasteiger partial charge in [-0.3, -0.25) is 14.3 Å². The highest BCUT2D eigenvalue weighted by atomic mass is 32.1. The average Bonchev–Trinajstić information content (AvgIpc) is 3.42. The van der Waals surface area contributed by atoms with Gasteiger partial charge in [-0.2, -0.15) is 5.10 Å². The molecule has 1 aliphatic heterocycles. The summed E-state index contributed by atoms with van der Waals surface area (Å²) in [5.41, 5.74) is 2.39. The van der Waals surface area contributed by atoms with Gasteiger partial charge in [-0.05, 0) is 31.0 Å². The zero-order valence-electron chi connectivity index (χ0n) is 14.9. The number of nitrogens with one attached hydrogen (secondary N) is 1. The molecule has 4 rings (SSSR count). The summed E-state index contributed by atoms with van der Waals surface area (Å²) in [4.78, 5) is 31.3. The van der Waals surface area contributed by atoms with Gasteiger partial charge in [0.05, 0.1) is 6.20 Å². The average molecular weight is 381 g/mol. The first-order valence-electron chi connectivity index (χ1n) is 8.75. The van der Waals surface area contributed by atoms with Crippen LogP contribution in [0.25, 0.3) is 10.6 Å². The van der Waals surface area contributed by atoms with E-state index in [-0.39, 0.29) is 11.8 Å². The predicted octanol–water partition coefficient (Wildman–Crippen LogP) is 3.03. The fourth-order valence-electron chi connectivity index (χ4n) is 3.07. The minimum atomic E-state index is -0.299. The van der Waals surface area contributed by atoms with Crippen molar-refractivity contribution in [2.75, 3.05) is 18.4 Å². The Balaban J connectivity index is 1.47. The van der Waals surface area contributed by atoms with Gasteiger partial charge in [0, 0.05) is 48.5 Å². The smallest absolute Gasteiger partial charge is 0.275 e. The number of benzene rings is 1. The quantitative estimate of drug-likeness (QED) is 0.753. The Morgan fingerprint density at radius 1 is 1.22 bits per heavy atom. The Hall–Kier alpha value is -3.00. The lowest BCUT2D eigenvalue weighted by atomic mass is 10.1. The lowest BCUT2D eigenvalue weighted by Crippen LogP contribution is -2.27. The van der Waals surface area contributed by atoms with E-state index in [0.29, 0.717) is 16.9 Å². The number of anilines is 1. The molecule has 0 saturated carbocycles. The Morgan fingerprint density at radius 3 is 2.78 bits per heavy atom. The van der Waals surface area contributed by atoms with Crippen molar-refractivity contribution in [2.45, 2.75) is 12.8 Å². The van der Waals surface area contributed by atoms with Crippen LogP contribution in [0.2, 0.25) is 0 Å². The minimum absolute atomic E-state index is 0.0103. The van der Waals surface area contributed by atoms with Crippen LogP contribution in [-0.2, 0) is 7.05 Å². The summed E-state index contributed by atoms with van der Waals surface area (Å²) in [6.45, 7) is 1.59. The zero-order chi connectivity index (χ0) is 18.8. The topological polar surface area (TPSA) is 80.1 Å². The highest BCUT2D eigenvalue weighted by Crippen LogP contribution is 2.24. The molecule has 0 atom stereocenters. The molecule has 7 nitrogen and oxygen atoms in total. The number of carbonyl (C=O) groups excluding carboxylic acids is 2. The summed E-state index contributed by atoms with van der Waals surface area (Å²) in [6, 6.07) is 7.04. The number of likely N-dealkylation sites (tertiary alicyclic amines) is 1. The van der Waals surface area contributed by atoms with Crippen molar-refractivity contribution in [3.63, 3.8) is 0 Å².